The van der Waals surface area contributed by atoms with E-state index >= 15 is 0 Å². The molecule has 0 spiro atoms. The van der Waals surface area contributed by atoms with Crippen molar-refractivity contribution >= 4 is 5.91 Å². The van der Waals surface area contributed by atoms with Gasteiger partial charge in [-0.05, 0) is 55.4 Å². The highest BCUT2D eigenvalue weighted by Crippen LogP contribution is 2.37. The molecule has 8 heteroatoms. The quantitative estimate of drug-likeness (QED) is 0.589. The van der Waals surface area contributed by atoms with Gasteiger partial charge in [0.1, 0.15) is 0 Å². The first kappa shape index (κ1) is 24.8. The molecule has 34 heavy (non-hydrogen) atoms. The van der Waals surface area contributed by atoms with E-state index in [9.17, 15) is 9.90 Å². The van der Waals surface area contributed by atoms with E-state index in [4.69, 9.17) is 18.9 Å². The first-order valence-electron chi connectivity index (χ1n) is 12.5. The van der Waals surface area contributed by atoms with Crippen molar-refractivity contribution in [1.82, 2.24) is 9.80 Å². The normalized spacial score (nSPS) is 24.8. The summed E-state index contributed by atoms with van der Waals surface area (Å²) < 4.78 is 22.9. The van der Waals surface area contributed by atoms with E-state index in [0.29, 0.717) is 37.8 Å². The number of hydrogen-bond donors (Lipinski definition) is 1. The third-order valence-corrected chi connectivity index (χ3v) is 6.94. The Morgan fingerprint density at radius 3 is 2.65 bits per heavy atom. The second kappa shape index (κ2) is 11.4. The number of benzene rings is 1. The smallest absolute Gasteiger partial charge is 0.288 e. The number of aliphatic hydroxyl groups excluding tert-OH is 1. The summed E-state index contributed by atoms with van der Waals surface area (Å²) in [7, 11) is 0. The summed E-state index contributed by atoms with van der Waals surface area (Å²) in [5, 5.41) is 9.33. The molecule has 1 amide bonds. The molecule has 3 aliphatic rings. The number of allylic oxidation sites excluding steroid dienone is 1. The van der Waals surface area contributed by atoms with Crippen LogP contribution in [-0.2, 0) is 20.8 Å². The highest BCUT2D eigenvalue weighted by atomic mass is 16.7. The molecule has 1 fully saturated rings. The highest BCUT2D eigenvalue weighted by molar-refractivity contribution is 5.91. The van der Waals surface area contributed by atoms with E-state index in [0.717, 1.165) is 37.6 Å². The Kier molecular flexibility index (Phi) is 8.34. The van der Waals surface area contributed by atoms with Gasteiger partial charge in [-0.1, -0.05) is 19.9 Å². The molecule has 188 valence electrons. The van der Waals surface area contributed by atoms with Crippen LogP contribution in [-0.4, -0.2) is 73.3 Å². The van der Waals surface area contributed by atoms with Crippen LogP contribution in [0.15, 0.2) is 30.0 Å². The van der Waals surface area contributed by atoms with Crippen LogP contribution in [0.4, 0.5) is 0 Å². The molecule has 0 saturated carbocycles. The predicted octanol–water partition coefficient (Wildman–Crippen LogP) is 3.00. The second-order valence-electron chi connectivity index (χ2n) is 9.58. The first-order chi connectivity index (χ1) is 16.5. The number of carbonyl (C=O) groups excluding carboxylic acids is 1. The second-order valence-corrected chi connectivity index (χ2v) is 9.58. The van der Waals surface area contributed by atoms with Gasteiger partial charge < -0.3 is 29.0 Å². The van der Waals surface area contributed by atoms with E-state index in [1.165, 1.54) is 5.56 Å². The number of ether oxygens (including phenoxy) is 4. The van der Waals surface area contributed by atoms with Crippen LogP contribution in [0.1, 0.15) is 39.2 Å². The van der Waals surface area contributed by atoms with Gasteiger partial charge in [-0.25, -0.2) is 0 Å². The molecular formula is C26H38N2O6. The first-order valence-corrected chi connectivity index (χ1v) is 12.5. The van der Waals surface area contributed by atoms with Crippen LogP contribution in [0.2, 0.25) is 0 Å². The van der Waals surface area contributed by atoms with Crippen molar-refractivity contribution in [2.75, 3.05) is 46.2 Å². The molecule has 1 aromatic rings. The van der Waals surface area contributed by atoms with Crippen LogP contribution in [0.25, 0.3) is 0 Å². The molecular weight excluding hydrogens is 436 g/mol. The maximum Gasteiger partial charge on any atom is 0.288 e. The molecule has 8 nitrogen and oxygen atoms in total. The summed E-state index contributed by atoms with van der Waals surface area (Å²) in [6.45, 7) is 10.9. The Morgan fingerprint density at radius 1 is 1.18 bits per heavy atom. The van der Waals surface area contributed by atoms with Gasteiger partial charge in [0.2, 0.25) is 13.1 Å². The Bertz CT molecular complexity index is 865. The van der Waals surface area contributed by atoms with Gasteiger partial charge in [-0.15, -0.1) is 0 Å². The minimum absolute atomic E-state index is 0.0568. The number of piperazine rings is 1. The largest absolute Gasteiger partial charge is 0.459 e. The summed E-state index contributed by atoms with van der Waals surface area (Å²) >= 11 is 0. The predicted molar refractivity (Wildman–Crippen MR) is 127 cm³/mol. The van der Waals surface area contributed by atoms with E-state index < -0.39 is 6.29 Å². The van der Waals surface area contributed by atoms with Crippen molar-refractivity contribution in [2.45, 2.75) is 46.4 Å². The van der Waals surface area contributed by atoms with Gasteiger partial charge in [0.05, 0.1) is 0 Å². The van der Waals surface area contributed by atoms with Crippen molar-refractivity contribution < 1.29 is 28.8 Å². The molecule has 1 saturated heterocycles. The Morgan fingerprint density at radius 2 is 1.94 bits per heavy atom. The number of nitrogens with zero attached hydrogens (tertiary/aromatic N) is 2. The lowest BCUT2D eigenvalue weighted by Crippen LogP contribution is -2.50. The zero-order valence-corrected chi connectivity index (χ0v) is 20.6. The van der Waals surface area contributed by atoms with Crippen molar-refractivity contribution in [3.05, 3.63) is 35.6 Å². The number of rotatable bonds is 9. The third-order valence-electron chi connectivity index (χ3n) is 6.94. The highest BCUT2D eigenvalue weighted by Gasteiger charge is 2.39. The lowest BCUT2D eigenvalue weighted by atomic mass is 9.78. The lowest BCUT2D eigenvalue weighted by Gasteiger charge is -2.40. The lowest BCUT2D eigenvalue weighted by molar-refractivity contribution is -0.178. The van der Waals surface area contributed by atoms with Crippen molar-refractivity contribution in [1.29, 1.82) is 0 Å². The maximum absolute atomic E-state index is 13.4. The van der Waals surface area contributed by atoms with Crippen molar-refractivity contribution in [2.24, 2.45) is 17.8 Å². The summed E-state index contributed by atoms with van der Waals surface area (Å²) in [6, 6.07) is 6.06. The molecule has 1 aromatic carbocycles. The van der Waals surface area contributed by atoms with Gasteiger partial charge in [0.15, 0.2) is 17.3 Å². The molecule has 0 aliphatic carbocycles. The maximum atomic E-state index is 13.4. The minimum atomic E-state index is -0.458. The number of aliphatic hydroxyl groups is 1. The SMILES string of the molecule is CCO[C@@H]1OC(C(=O)N2CCN(Cc3ccc4c(c3)OCO4)CC2)=C[C@H](C(C)C)[C@@H]1CCCO. The molecule has 0 radical (unpaired) electrons. The van der Waals surface area contributed by atoms with Crippen LogP contribution in [0.5, 0.6) is 11.5 Å². The minimum Gasteiger partial charge on any atom is -0.459 e. The number of hydrogen-bond acceptors (Lipinski definition) is 7. The van der Waals surface area contributed by atoms with Gasteiger partial charge in [-0.2, -0.15) is 0 Å². The van der Waals surface area contributed by atoms with Crippen molar-refractivity contribution in [3.8, 4) is 11.5 Å². The molecule has 3 atom stereocenters. The average Bonchev–Trinajstić information content (AvgIpc) is 3.31. The van der Waals surface area contributed by atoms with Crippen molar-refractivity contribution in [3.63, 3.8) is 0 Å². The van der Waals surface area contributed by atoms with Gasteiger partial charge in [-0.3, -0.25) is 9.69 Å². The number of amides is 1. The summed E-state index contributed by atoms with van der Waals surface area (Å²) in [6.07, 6.45) is 3.05. The Hall–Kier alpha value is -2.29. The molecule has 0 aromatic heterocycles. The summed E-state index contributed by atoms with van der Waals surface area (Å²) in [5.74, 6) is 2.58. The number of carbonyl (C=O) groups is 1. The molecule has 4 rings (SSSR count). The van der Waals surface area contributed by atoms with Crippen LogP contribution >= 0.6 is 0 Å². The van der Waals surface area contributed by atoms with E-state index in [1.54, 1.807) is 0 Å². The van der Waals surface area contributed by atoms with Gasteiger partial charge in [0, 0.05) is 51.9 Å². The van der Waals surface area contributed by atoms with Crippen LogP contribution < -0.4 is 9.47 Å². The Balaban J connectivity index is 1.37. The average molecular weight is 475 g/mol. The fourth-order valence-electron chi connectivity index (χ4n) is 5.08. The number of fused-ring (bicyclic) bond motifs is 1. The standard InChI is InChI=1S/C26H38N2O6/c1-4-31-26-20(6-5-13-29)21(18(2)3)15-24(34-26)25(30)28-11-9-27(10-12-28)16-19-7-8-22-23(14-19)33-17-32-22/h7-8,14-15,18,20-21,26,29H,4-6,9-13,16-17H2,1-3H3/t20-,21+,26+/m0/s1. The summed E-state index contributed by atoms with van der Waals surface area (Å²) in [5.41, 5.74) is 1.18. The Labute approximate surface area is 202 Å². The monoisotopic (exact) mass is 474 g/mol. The fourth-order valence-corrected chi connectivity index (χ4v) is 5.08. The molecule has 0 unspecified atom stereocenters. The molecule has 0 bridgehead atoms. The van der Waals surface area contributed by atoms with Crippen LogP contribution in [0.3, 0.4) is 0 Å². The fraction of sp³-hybridized carbons (Fsp3) is 0.654. The van der Waals surface area contributed by atoms with Gasteiger partial charge in [0.25, 0.3) is 5.91 Å². The van der Waals surface area contributed by atoms with E-state index in [2.05, 4.69) is 24.8 Å². The van der Waals surface area contributed by atoms with E-state index in [1.807, 2.05) is 30.0 Å². The topological polar surface area (TPSA) is 80.7 Å². The van der Waals surface area contributed by atoms with E-state index in [-0.39, 0.29) is 31.1 Å². The zero-order chi connectivity index (χ0) is 24.1. The molecule has 1 N–H and O–H groups in total. The molecule has 3 aliphatic heterocycles. The third kappa shape index (κ3) is 5.67. The van der Waals surface area contributed by atoms with Crippen LogP contribution in [0, 0.1) is 17.8 Å². The van der Waals surface area contributed by atoms with Gasteiger partial charge >= 0.3 is 0 Å². The summed E-state index contributed by atoms with van der Waals surface area (Å²) in [4.78, 5) is 17.6. The zero-order valence-electron chi connectivity index (χ0n) is 20.6. The molecule has 3 heterocycles.